The van der Waals surface area contributed by atoms with Gasteiger partial charge in [-0.1, -0.05) is 48.4 Å². The van der Waals surface area contributed by atoms with Crippen molar-refractivity contribution < 1.29 is 4.84 Å². The summed E-state index contributed by atoms with van der Waals surface area (Å²) in [5, 5.41) is 3.00. The predicted molar refractivity (Wildman–Crippen MR) is 110 cm³/mol. The SMILES string of the molecule is Clc1ccc([C@@H]2[C@H]3CCCC[C@]3(N3CCCC3)ON2c2ccccc2)cc1. The lowest BCUT2D eigenvalue weighted by molar-refractivity contribution is -0.161. The van der Waals surface area contributed by atoms with E-state index in [1.165, 1.54) is 37.7 Å². The van der Waals surface area contributed by atoms with Crippen molar-refractivity contribution in [3.05, 3.63) is 65.2 Å². The lowest BCUT2D eigenvalue weighted by Crippen LogP contribution is -2.53. The number of hydroxylamine groups is 1. The Morgan fingerprint density at radius 2 is 1.63 bits per heavy atom. The van der Waals surface area contributed by atoms with Gasteiger partial charge in [0.25, 0.3) is 0 Å². The van der Waals surface area contributed by atoms with Crippen molar-refractivity contribution >= 4 is 17.3 Å². The van der Waals surface area contributed by atoms with Crippen LogP contribution in [0.2, 0.25) is 5.02 Å². The molecule has 27 heavy (non-hydrogen) atoms. The Morgan fingerprint density at radius 3 is 2.37 bits per heavy atom. The van der Waals surface area contributed by atoms with Crippen LogP contribution in [0.1, 0.15) is 50.1 Å². The van der Waals surface area contributed by atoms with Gasteiger partial charge in [-0.25, -0.2) is 9.90 Å². The molecule has 0 amide bonds. The Labute approximate surface area is 166 Å². The Bertz CT molecular complexity index is 775. The fourth-order valence-corrected chi connectivity index (χ4v) is 5.55. The average Bonchev–Trinajstić information content (AvgIpc) is 3.36. The van der Waals surface area contributed by atoms with Crippen molar-refractivity contribution in [2.24, 2.45) is 5.92 Å². The van der Waals surface area contributed by atoms with E-state index >= 15 is 0 Å². The highest BCUT2D eigenvalue weighted by molar-refractivity contribution is 6.30. The number of anilines is 1. The van der Waals surface area contributed by atoms with E-state index in [0.29, 0.717) is 5.92 Å². The summed E-state index contributed by atoms with van der Waals surface area (Å²) in [6.45, 7) is 2.32. The third-order valence-electron chi connectivity index (χ3n) is 6.63. The summed E-state index contributed by atoms with van der Waals surface area (Å²) < 4.78 is 0. The zero-order chi connectivity index (χ0) is 18.3. The summed E-state index contributed by atoms with van der Waals surface area (Å²) in [6.07, 6.45) is 7.46. The van der Waals surface area contributed by atoms with Crippen LogP contribution in [0, 0.1) is 5.92 Å². The molecule has 5 rings (SSSR count). The Balaban J connectivity index is 1.61. The van der Waals surface area contributed by atoms with Gasteiger partial charge in [0.1, 0.15) is 0 Å². The monoisotopic (exact) mass is 382 g/mol. The Morgan fingerprint density at radius 1 is 0.889 bits per heavy atom. The molecule has 1 aliphatic carbocycles. The summed E-state index contributed by atoms with van der Waals surface area (Å²) in [5.41, 5.74) is 2.29. The summed E-state index contributed by atoms with van der Waals surface area (Å²) in [5.74, 6) is 0.478. The molecular formula is C23H27ClN2O. The fraction of sp³-hybridized carbons (Fsp3) is 0.478. The second-order valence-corrected chi connectivity index (χ2v) is 8.58. The van der Waals surface area contributed by atoms with E-state index in [0.717, 1.165) is 30.2 Å². The van der Waals surface area contributed by atoms with E-state index in [-0.39, 0.29) is 11.8 Å². The first-order chi connectivity index (χ1) is 13.3. The number of para-hydroxylation sites is 1. The minimum atomic E-state index is -0.158. The normalized spacial score (nSPS) is 31.2. The van der Waals surface area contributed by atoms with Gasteiger partial charge in [0.2, 0.25) is 0 Å². The average molecular weight is 383 g/mol. The molecule has 3 fully saturated rings. The number of halogens is 1. The molecule has 2 aliphatic heterocycles. The molecule has 0 spiro atoms. The van der Waals surface area contributed by atoms with Gasteiger partial charge < -0.3 is 0 Å². The molecule has 3 atom stereocenters. The van der Waals surface area contributed by atoms with Gasteiger partial charge in [-0.2, -0.15) is 0 Å². The first kappa shape index (κ1) is 17.5. The number of rotatable bonds is 3. The van der Waals surface area contributed by atoms with Gasteiger partial charge in [-0.3, -0.25) is 4.90 Å². The summed E-state index contributed by atoms with van der Waals surface area (Å²) in [6, 6.07) is 19.2. The lowest BCUT2D eigenvalue weighted by Gasteiger charge is -2.44. The van der Waals surface area contributed by atoms with Gasteiger partial charge in [-0.15, -0.1) is 0 Å². The second kappa shape index (κ2) is 7.12. The van der Waals surface area contributed by atoms with Crippen molar-refractivity contribution in [2.75, 3.05) is 18.2 Å². The summed E-state index contributed by atoms with van der Waals surface area (Å²) in [7, 11) is 0. The van der Waals surface area contributed by atoms with Crippen molar-refractivity contribution in [3.8, 4) is 0 Å². The number of hydrogen-bond acceptors (Lipinski definition) is 3. The van der Waals surface area contributed by atoms with Crippen molar-refractivity contribution in [2.45, 2.75) is 50.3 Å². The van der Waals surface area contributed by atoms with Crippen LogP contribution in [0.25, 0.3) is 0 Å². The van der Waals surface area contributed by atoms with Gasteiger partial charge in [0.05, 0.1) is 11.7 Å². The Kier molecular flexibility index (Phi) is 4.63. The molecule has 2 aromatic rings. The predicted octanol–water partition coefficient (Wildman–Crippen LogP) is 5.82. The number of nitrogens with zero attached hydrogens (tertiary/aromatic N) is 2. The molecule has 2 aromatic carbocycles. The number of likely N-dealkylation sites (tertiary alicyclic amines) is 1. The van der Waals surface area contributed by atoms with Crippen LogP contribution >= 0.6 is 11.6 Å². The smallest absolute Gasteiger partial charge is 0.154 e. The quantitative estimate of drug-likeness (QED) is 0.665. The molecule has 2 heterocycles. The van der Waals surface area contributed by atoms with Crippen LogP contribution in [0.4, 0.5) is 5.69 Å². The highest BCUT2D eigenvalue weighted by Gasteiger charge is 2.59. The first-order valence-corrected chi connectivity index (χ1v) is 10.7. The molecule has 1 saturated carbocycles. The van der Waals surface area contributed by atoms with Crippen molar-refractivity contribution in [1.29, 1.82) is 0 Å². The second-order valence-electron chi connectivity index (χ2n) is 8.14. The maximum absolute atomic E-state index is 6.95. The summed E-state index contributed by atoms with van der Waals surface area (Å²) in [4.78, 5) is 9.59. The van der Waals surface area contributed by atoms with E-state index in [1.54, 1.807) is 0 Å². The highest BCUT2D eigenvalue weighted by Crippen LogP contribution is 2.55. The van der Waals surface area contributed by atoms with Crippen LogP contribution < -0.4 is 5.06 Å². The first-order valence-electron chi connectivity index (χ1n) is 10.3. The summed E-state index contributed by atoms with van der Waals surface area (Å²) >= 11 is 6.19. The van der Waals surface area contributed by atoms with E-state index in [1.807, 2.05) is 12.1 Å². The maximum Gasteiger partial charge on any atom is 0.154 e. The molecular weight excluding hydrogens is 356 g/mol. The van der Waals surface area contributed by atoms with E-state index in [4.69, 9.17) is 16.4 Å². The van der Waals surface area contributed by atoms with Gasteiger partial charge in [0.15, 0.2) is 5.72 Å². The topological polar surface area (TPSA) is 15.7 Å². The molecule has 0 unspecified atom stereocenters. The Hall–Kier alpha value is -1.55. The molecule has 0 radical (unpaired) electrons. The fourth-order valence-electron chi connectivity index (χ4n) is 5.42. The van der Waals surface area contributed by atoms with Crippen LogP contribution in [0.5, 0.6) is 0 Å². The van der Waals surface area contributed by atoms with E-state index in [2.05, 4.69) is 52.4 Å². The number of fused-ring (bicyclic) bond motifs is 1. The van der Waals surface area contributed by atoms with Crippen LogP contribution in [-0.2, 0) is 4.84 Å². The molecule has 3 nitrogen and oxygen atoms in total. The molecule has 0 bridgehead atoms. The lowest BCUT2D eigenvalue weighted by atomic mass is 9.75. The molecule has 0 aromatic heterocycles. The van der Waals surface area contributed by atoms with E-state index < -0.39 is 0 Å². The molecule has 0 N–H and O–H groups in total. The zero-order valence-corrected chi connectivity index (χ0v) is 16.4. The van der Waals surface area contributed by atoms with Gasteiger partial charge >= 0.3 is 0 Å². The highest BCUT2D eigenvalue weighted by atomic mass is 35.5. The molecule has 4 heteroatoms. The zero-order valence-electron chi connectivity index (χ0n) is 15.7. The van der Waals surface area contributed by atoms with Crippen molar-refractivity contribution in [3.63, 3.8) is 0 Å². The van der Waals surface area contributed by atoms with E-state index in [9.17, 15) is 0 Å². The minimum absolute atomic E-state index is 0.158. The molecule has 2 saturated heterocycles. The van der Waals surface area contributed by atoms with Crippen LogP contribution in [0.15, 0.2) is 54.6 Å². The largest absolute Gasteiger partial charge is 0.273 e. The van der Waals surface area contributed by atoms with Crippen molar-refractivity contribution in [1.82, 2.24) is 4.90 Å². The third-order valence-corrected chi connectivity index (χ3v) is 6.89. The van der Waals surface area contributed by atoms with Gasteiger partial charge in [-0.05, 0) is 61.9 Å². The molecule has 142 valence electrons. The third kappa shape index (κ3) is 2.97. The molecule has 3 aliphatic rings. The number of benzene rings is 2. The van der Waals surface area contributed by atoms with Gasteiger partial charge in [0, 0.05) is 24.0 Å². The maximum atomic E-state index is 6.95. The minimum Gasteiger partial charge on any atom is -0.273 e. The van der Waals surface area contributed by atoms with Crippen LogP contribution in [-0.4, -0.2) is 23.7 Å². The van der Waals surface area contributed by atoms with Crippen LogP contribution in [0.3, 0.4) is 0 Å². The number of hydrogen-bond donors (Lipinski definition) is 0. The standard InChI is InChI=1S/C23H27ClN2O/c24-19-13-11-18(12-14-19)22-21-10-4-5-15-23(21,25-16-6-7-17-25)27-26(22)20-8-2-1-3-9-20/h1-3,8-9,11-14,21-22H,4-7,10,15-17H2/t21-,22-,23+/m1/s1.